The van der Waals surface area contributed by atoms with Gasteiger partial charge in [-0.15, -0.1) is 10.2 Å². The highest BCUT2D eigenvalue weighted by Crippen LogP contribution is 2.10. The van der Waals surface area contributed by atoms with E-state index in [2.05, 4.69) is 15.2 Å². The molecule has 58 valence electrons. The van der Waals surface area contributed by atoms with Crippen molar-refractivity contribution in [3.8, 4) is 0 Å². The molecule has 1 rings (SSSR count). The molecule has 0 saturated carbocycles. The molecule has 0 bridgehead atoms. The average Bonchev–Trinajstić information content (AvgIpc) is 2.36. The Kier molecular flexibility index (Phi) is 2.13. The molecule has 0 aliphatic rings. The number of carbonyl (C=O) groups excluding carboxylic acids is 1. The first-order chi connectivity index (χ1) is 5.25. The molecule has 1 atom stereocenters. The van der Waals surface area contributed by atoms with Gasteiger partial charge >= 0.3 is 0 Å². The van der Waals surface area contributed by atoms with Crippen molar-refractivity contribution >= 4 is 6.08 Å². The van der Waals surface area contributed by atoms with Gasteiger partial charge in [0.1, 0.15) is 12.4 Å². The van der Waals surface area contributed by atoms with E-state index >= 15 is 0 Å². The molecule has 5 heteroatoms. The molecule has 0 radical (unpaired) electrons. The summed E-state index contributed by atoms with van der Waals surface area (Å²) in [5.74, 6) is 0.661. The van der Waals surface area contributed by atoms with Crippen molar-refractivity contribution in [3.63, 3.8) is 0 Å². The van der Waals surface area contributed by atoms with E-state index in [4.69, 9.17) is 0 Å². The van der Waals surface area contributed by atoms with Crippen LogP contribution in [-0.4, -0.2) is 20.8 Å². The predicted molar refractivity (Wildman–Crippen MR) is 37.5 cm³/mol. The fourth-order valence-electron chi connectivity index (χ4n) is 0.807. The molecule has 0 fully saturated rings. The second kappa shape index (κ2) is 3.07. The molecule has 5 nitrogen and oxygen atoms in total. The molecule has 1 aromatic heterocycles. The molecule has 0 saturated heterocycles. The third-order valence-corrected chi connectivity index (χ3v) is 1.37. The Labute approximate surface area is 63.8 Å². The number of rotatable bonds is 2. The van der Waals surface area contributed by atoms with E-state index < -0.39 is 0 Å². The van der Waals surface area contributed by atoms with Crippen LogP contribution in [0.3, 0.4) is 0 Å². The quantitative estimate of drug-likeness (QED) is 0.449. The zero-order chi connectivity index (χ0) is 8.27. The summed E-state index contributed by atoms with van der Waals surface area (Å²) in [6, 6.07) is -0.264. The van der Waals surface area contributed by atoms with Crippen molar-refractivity contribution in [1.29, 1.82) is 0 Å². The molecule has 0 aliphatic heterocycles. The summed E-state index contributed by atoms with van der Waals surface area (Å²) in [6.07, 6.45) is 3.04. The average molecular weight is 152 g/mol. The summed E-state index contributed by atoms with van der Waals surface area (Å²) < 4.78 is 1.71. The number of isocyanates is 1. The molecule has 0 aromatic carbocycles. The molecular weight excluding hydrogens is 144 g/mol. The van der Waals surface area contributed by atoms with E-state index in [1.54, 1.807) is 24.9 Å². The maximum Gasteiger partial charge on any atom is 0.235 e. The molecule has 11 heavy (non-hydrogen) atoms. The molecular formula is C6H8N4O. The fraction of sp³-hybridized carbons (Fsp3) is 0.500. The van der Waals surface area contributed by atoms with Gasteiger partial charge in [0.05, 0.1) is 0 Å². The number of nitrogens with zero attached hydrogens (tertiary/aromatic N) is 4. The van der Waals surface area contributed by atoms with Crippen molar-refractivity contribution < 1.29 is 4.79 Å². The highest BCUT2D eigenvalue weighted by molar-refractivity contribution is 5.33. The van der Waals surface area contributed by atoms with Gasteiger partial charge in [0.25, 0.3) is 0 Å². The van der Waals surface area contributed by atoms with Crippen molar-refractivity contribution in [2.45, 2.75) is 13.0 Å². The Hall–Kier alpha value is -1.48. The molecule has 1 heterocycles. The third-order valence-electron chi connectivity index (χ3n) is 1.37. The summed E-state index contributed by atoms with van der Waals surface area (Å²) in [5.41, 5.74) is 0. The Morgan fingerprint density at radius 2 is 2.55 bits per heavy atom. The summed E-state index contributed by atoms with van der Waals surface area (Å²) in [5, 5.41) is 7.42. The smallest absolute Gasteiger partial charge is 0.235 e. The third kappa shape index (κ3) is 1.50. The minimum atomic E-state index is -0.264. The number of aromatic nitrogens is 3. The largest absolute Gasteiger partial charge is 0.319 e. The minimum absolute atomic E-state index is 0.264. The van der Waals surface area contributed by atoms with Gasteiger partial charge in [0.2, 0.25) is 6.08 Å². The van der Waals surface area contributed by atoms with Crippen LogP contribution in [0.5, 0.6) is 0 Å². The summed E-state index contributed by atoms with van der Waals surface area (Å²) in [6.45, 7) is 1.76. The van der Waals surface area contributed by atoms with Crippen LogP contribution >= 0.6 is 0 Å². The Morgan fingerprint density at radius 1 is 1.82 bits per heavy atom. The molecule has 0 spiro atoms. The first-order valence-electron chi connectivity index (χ1n) is 3.16. The van der Waals surface area contributed by atoms with Gasteiger partial charge < -0.3 is 4.57 Å². The highest BCUT2D eigenvalue weighted by Gasteiger charge is 2.08. The topological polar surface area (TPSA) is 60.1 Å². The summed E-state index contributed by atoms with van der Waals surface area (Å²) in [7, 11) is 1.80. The standard InChI is InChI=1S/C6H8N4O/c1-5(7-4-11)6-9-8-3-10(6)2/h3,5H,1-2H3. The van der Waals surface area contributed by atoms with Crippen molar-refractivity contribution in [3.05, 3.63) is 12.2 Å². The monoisotopic (exact) mass is 152 g/mol. The van der Waals surface area contributed by atoms with Crippen molar-refractivity contribution in [2.24, 2.45) is 12.0 Å². The van der Waals surface area contributed by atoms with Gasteiger partial charge in [-0.3, -0.25) is 0 Å². The fourth-order valence-corrected chi connectivity index (χ4v) is 0.807. The van der Waals surface area contributed by atoms with Crippen LogP contribution in [0, 0.1) is 0 Å². The van der Waals surface area contributed by atoms with Crippen LogP contribution in [0.15, 0.2) is 11.3 Å². The first kappa shape index (κ1) is 7.63. The molecule has 1 aromatic rings. The second-order valence-corrected chi connectivity index (χ2v) is 2.20. The van der Waals surface area contributed by atoms with Crippen LogP contribution in [0.1, 0.15) is 18.8 Å². The summed E-state index contributed by atoms with van der Waals surface area (Å²) >= 11 is 0. The normalized spacial score (nSPS) is 12.2. The van der Waals surface area contributed by atoms with Crippen LogP contribution in [0.4, 0.5) is 0 Å². The Morgan fingerprint density at radius 3 is 3.00 bits per heavy atom. The van der Waals surface area contributed by atoms with Gasteiger partial charge in [-0.2, -0.15) is 4.99 Å². The van der Waals surface area contributed by atoms with Gasteiger partial charge in [-0.1, -0.05) is 0 Å². The number of hydrogen-bond acceptors (Lipinski definition) is 4. The second-order valence-electron chi connectivity index (χ2n) is 2.20. The van der Waals surface area contributed by atoms with E-state index in [0.29, 0.717) is 5.82 Å². The van der Waals surface area contributed by atoms with Gasteiger partial charge in [-0.05, 0) is 6.92 Å². The highest BCUT2D eigenvalue weighted by atomic mass is 16.1. The number of hydrogen-bond donors (Lipinski definition) is 0. The number of aryl methyl sites for hydroxylation is 1. The minimum Gasteiger partial charge on any atom is -0.319 e. The zero-order valence-electron chi connectivity index (χ0n) is 6.35. The van der Waals surface area contributed by atoms with Gasteiger partial charge in [0, 0.05) is 7.05 Å². The van der Waals surface area contributed by atoms with E-state index in [1.165, 1.54) is 6.08 Å². The van der Waals surface area contributed by atoms with Crippen molar-refractivity contribution in [1.82, 2.24) is 14.8 Å². The van der Waals surface area contributed by atoms with Crippen LogP contribution < -0.4 is 0 Å². The van der Waals surface area contributed by atoms with E-state index in [-0.39, 0.29) is 6.04 Å². The lowest BCUT2D eigenvalue weighted by molar-refractivity contribution is 0.556. The van der Waals surface area contributed by atoms with Gasteiger partial charge in [-0.25, -0.2) is 4.79 Å². The van der Waals surface area contributed by atoms with Crippen molar-refractivity contribution in [2.75, 3.05) is 0 Å². The maximum absolute atomic E-state index is 9.87. The van der Waals surface area contributed by atoms with E-state index in [1.807, 2.05) is 0 Å². The SMILES string of the molecule is CC(N=C=O)c1nncn1C. The maximum atomic E-state index is 9.87. The Balaban J connectivity index is 2.92. The lowest BCUT2D eigenvalue weighted by Gasteiger charge is -2.00. The van der Waals surface area contributed by atoms with E-state index in [9.17, 15) is 4.79 Å². The van der Waals surface area contributed by atoms with Gasteiger partial charge in [0.15, 0.2) is 5.82 Å². The molecule has 0 N–H and O–H groups in total. The predicted octanol–water partition coefficient (Wildman–Crippen LogP) is 0.212. The van der Waals surface area contributed by atoms with E-state index in [0.717, 1.165) is 0 Å². The molecule has 0 aliphatic carbocycles. The summed E-state index contributed by atoms with van der Waals surface area (Å²) in [4.78, 5) is 13.4. The first-order valence-corrected chi connectivity index (χ1v) is 3.16. The molecule has 1 unspecified atom stereocenters. The van der Waals surface area contributed by atoms with Crippen LogP contribution in [0.25, 0.3) is 0 Å². The lowest BCUT2D eigenvalue weighted by atomic mass is 10.3. The molecule has 0 amide bonds. The zero-order valence-corrected chi connectivity index (χ0v) is 6.35. The Bertz CT molecular complexity index is 287. The lowest BCUT2D eigenvalue weighted by Crippen LogP contribution is -1.99. The van der Waals surface area contributed by atoms with Crippen LogP contribution in [0.2, 0.25) is 0 Å². The number of aliphatic imine (C=N–C) groups is 1. The van der Waals surface area contributed by atoms with Crippen LogP contribution in [-0.2, 0) is 11.8 Å².